The van der Waals surface area contributed by atoms with Crippen LogP contribution in [0.1, 0.15) is 26.0 Å². The van der Waals surface area contributed by atoms with Gasteiger partial charge in [-0.3, -0.25) is 0 Å². The van der Waals surface area contributed by atoms with E-state index in [9.17, 15) is 0 Å². The van der Waals surface area contributed by atoms with Gasteiger partial charge in [-0.25, -0.2) is 0 Å². The molecule has 0 aliphatic carbocycles. The summed E-state index contributed by atoms with van der Waals surface area (Å²) < 4.78 is 5.80. The van der Waals surface area contributed by atoms with Gasteiger partial charge in [0.05, 0.1) is 11.6 Å². The molecule has 1 aromatic carbocycles. The van der Waals surface area contributed by atoms with Crippen LogP contribution in [0.25, 0.3) is 11.3 Å². The summed E-state index contributed by atoms with van der Waals surface area (Å²) in [5.74, 6) is 1.67. The zero-order valence-electron chi connectivity index (χ0n) is 11.0. The molecule has 0 saturated heterocycles. The Balaban J connectivity index is 2.12. The predicted molar refractivity (Wildman–Crippen MR) is 80.8 cm³/mol. The molecule has 19 heavy (non-hydrogen) atoms. The van der Waals surface area contributed by atoms with Crippen LogP contribution in [0.4, 0.5) is 0 Å². The molecule has 4 heteroatoms. The van der Waals surface area contributed by atoms with Gasteiger partial charge in [0, 0.05) is 16.6 Å². The molecule has 0 aliphatic rings. The number of rotatable bonds is 5. The van der Waals surface area contributed by atoms with Crippen molar-refractivity contribution in [3.05, 3.63) is 46.1 Å². The van der Waals surface area contributed by atoms with E-state index >= 15 is 0 Å². The Bertz CT molecular complexity index is 551. The molecular formula is C15H17Cl2NO. The van der Waals surface area contributed by atoms with Crippen molar-refractivity contribution in [2.45, 2.75) is 32.9 Å². The zero-order valence-corrected chi connectivity index (χ0v) is 12.6. The van der Waals surface area contributed by atoms with E-state index in [0.29, 0.717) is 16.1 Å². The van der Waals surface area contributed by atoms with Crippen molar-refractivity contribution in [2.75, 3.05) is 0 Å². The van der Waals surface area contributed by atoms with E-state index in [0.717, 1.165) is 30.0 Å². The summed E-state index contributed by atoms with van der Waals surface area (Å²) in [6.07, 6.45) is 1.09. The van der Waals surface area contributed by atoms with Crippen LogP contribution >= 0.6 is 23.2 Å². The molecule has 0 saturated carbocycles. The second-order valence-electron chi connectivity index (χ2n) is 4.58. The fourth-order valence-electron chi connectivity index (χ4n) is 1.73. The first kappa shape index (κ1) is 14.4. The van der Waals surface area contributed by atoms with Gasteiger partial charge in [-0.1, -0.05) is 30.1 Å². The van der Waals surface area contributed by atoms with Crippen LogP contribution in [0.3, 0.4) is 0 Å². The van der Waals surface area contributed by atoms with Gasteiger partial charge in [0.15, 0.2) is 0 Å². The Kier molecular flexibility index (Phi) is 4.92. The molecule has 2 nitrogen and oxygen atoms in total. The van der Waals surface area contributed by atoms with E-state index in [2.05, 4.69) is 19.2 Å². The molecule has 102 valence electrons. The number of halogens is 2. The van der Waals surface area contributed by atoms with Gasteiger partial charge in [0.25, 0.3) is 0 Å². The van der Waals surface area contributed by atoms with E-state index in [4.69, 9.17) is 27.6 Å². The highest BCUT2D eigenvalue weighted by molar-refractivity contribution is 6.36. The number of nitrogens with one attached hydrogen (secondary N) is 1. The van der Waals surface area contributed by atoms with Crippen LogP contribution < -0.4 is 5.32 Å². The SMILES string of the molecule is CCC(C)NCc1ccc(-c2ccc(Cl)cc2Cl)o1. The summed E-state index contributed by atoms with van der Waals surface area (Å²) in [5, 5.41) is 4.61. The highest BCUT2D eigenvalue weighted by atomic mass is 35.5. The molecule has 2 aromatic rings. The van der Waals surface area contributed by atoms with E-state index in [1.165, 1.54) is 0 Å². The summed E-state index contributed by atoms with van der Waals surface area (Å²) in [7, 11) is 0. The second-order valence-corrected chi connectivity index (χ2v) is 5.42. The highest BCUT2D eigenvalue weighted by Crippen LogP contribution is 2.31. The molecular weight excluding hydrogens is 281 g/mol. The quantitative estimate of drug-likeness (QED) is 0.826. The van der Waals surface area contributed by atoms with E-state index in [1.807, 2.05) is 24.3 Å². The largest absolute Gasteiger partial charge is 0.460 e. The molecule has 1 unspecified atom stereocenters. The molecule has 0 radical (unpaired) electrons. The number of hydrogen-bond acceptors (Lipinski definition) is 2. The Hall–Kier alpha value is -0.960. The molecule has 0 amide bonds. The fourth-order valence-corrected chi connectivity index (χ4v) is 2.23. The van der Waals surface area contributed by atoms with Crippen molar-refractivity contribution in [3.8, 4) is 11.3 Å². The van der Waals surface area contributed by atoms with E-state index in [1.54, 1.807) is 6.07 Å². The van der Waals surface area contributed by atoms with Crippen LogP contribution in [0.15, 0.2) is 34.7 Å². The van der Waals surface area contributed by atoms with Crippen LogP contribution in [0, 0.1) is 0 Å². The zero-order chi connectivity index (χ0) is 13.8. The van der Waals surface area contributed by atoms with Crippen molar-refractivity contribution in [1.82, 2.24) is 5.32 Å². The van der Waals surface area contributed by atoms with E-state index < -0.39 is 0 Å². The molecule has 0 fully saturated rings. The maximum Gasteiger partial charge on any atom is 0.135 e. The Labute approximate surface area is 123 Å². The van der Waals surface area contributed by atoms with Gasteiger partial charge in [-0.05, 0) is 43.7 Å². The van der Waals surface area contributed by atoms with Crippen molar-refractivity contribution >= 4 is 23.2 Å². The minimum Gasteiger partial charge on any atom is -0.460 e. The first-order chi connectivity index (χ1) is 9.10. The highest BCUT2D eigenvalue weighted by Gasteiger charge is 2.09. The first-order valence-electron chi connectivity index (χ1n) is 6.37. The lowest BCUT2D eigenvalue weighted by atomic mass is 10.2. The summed E-state index contributed by atoms with van der Waals surface area (Å²) in [4.78, 5) is 0. The van der Waals surface area contributed by atoms with Gasteiger partial charge in [-0.15, -0.1) is 0 Å². The van der Waals surface area contributed by atoms with E-state index in [-0.39, 0.29) is 0 Å². The van der Waals surface area contributed by atoms with Gasteiger partial charge >= 0.3 is 0 Å². The Morgan fingerprint density at radius 1 is 1.21 bits per heavy atom. The molecule has 1 heterocycles. The lowest BCUT2D eigenvalue weighted by Gasteiger charge is -2.09. The van der Waals surface area contributed by atoms with Crippen molar-refractivity contribution in [3.63, 3.8) is 0 Å². The molecule has 2 rings (SSSR count). The van der Waals surface area contributed by atoms with Crippen molar-refractivity contribution < 1.29 is 4.42 Å². The first-order valence-corrected chi connectivity index (χ1v) is 7.13. The second kappa shape index (κ2) is 6.47. The minimum absolute atomic E-state index is 0.479. The molecule has 0 bridgehead atoms. The standard InChI is InChI=1S/C15H17Cl2NO/c1-3-10(2)18-9-12-5-7-15(19-12)13-6-4-11(16)8-14(13)17/h4-8,10,18H,3,9H2,1-2H3. The molecule has 1 atom stereocenters. The Morgan fingerprint density at radius 3 is 2.68 bits per heavy atom. The molecule has 0 aliphatic heterocycles. The monoisotopic (exact) mass is 297 g/mol. The smallest absolute Gasteiger partial charge is 0.135 e. The third-order valence-electron chi connectivity index (χ3n) is 3.10. The Morgan fingerprint density at radius 2 is 2.00 bits per heavy atom. The predicted octanol–water partition coefficient (Wildman–Crippen LogP) is 5.14. The normalized spacial score (nSPS) is 12.6. The average Bonchev–Trinajstić information content (AvgIpc) is 2.84. The van der Waals surface area contributed by atoms with Crippen molar-refractivity contribution in [1.29, 1.82) is 0 Å². The third-order valence-corrected chi connectivity index (χ3v) is 3.64. The van der Waals surface area contributed by atoms with Gasteiger partial charge in [0.2, 0.25) is 0 Å². The topological polar surface area (TPSA) is 25.2 Å². The third kappa shape index (κ3) is 3.75. The number of furan rings is 1. The minimum atomic E-state index is 0.479. The summed E-state index contributed by atoms with van der Waals surface area (Å²) in [6.45, 7) is 5.03. The maximum atomic E-state index is 6.16. The lowest BCUT2D eigenvalue weighted by molar-refractivity contribution is 0.457. The maximum absolute atomic E-state index is 6.16. The van der Waals surface area contributed by atoms with Gasteiger partial charge in [0.1, 0.15) is 11.5 Å². The molecule has 0 spiro atoms. The average molecular weight is 298 g/mol. The van der Waals surface area contributed by atoms with Crippen molar-refractivity contribution in [2.24, 2.45) is 0 Å². The van der Waals surface area contributed by atoms with Crippen LogP contribution in [0.2, 0.25) is 10.0 Å². The molecule has 1 N–H and O–H groups in total. The summed E-state index contributed by atoms with van der Waals surface area (Å²) in [6, 6.07) is 9.78. The van der Waals surface area contributed by atoms with Crippen LogP contribution in [-0.4, -0.2) is 6.04 Å². The fraction of sp³-hybridized carbons (Fsp3) is 0.333. The number of hydrogen-bond donors (Lipinski definition) is 1. The van der Waals surface area contributed by atoms with Gasteiger partial charge < -0.3 is 9.73 Å². The number of benzene rings is 1. The summed E-state index contributed by atoms with van der Waals surface area (Å²) >= 11 is 12.0. The molecule has 1 aromatic heterocycles. The van der Waals surface area contributed by atoms with Crippen LogP contribution in [0.5, 0.6) is 0 Å². The van der Waals surface area contributed by atoms with Gasteiger partial charge in [-0.2, -0.15) is 0 Å². The lowest BCUT2D eigenvalue weighted by Crippen LogP contribution is -2.24. The summed E-state index contributed by atoms with van der Waals surface area (Å²) in [5.41, 5.74) is 0.862. The van der Waals surface area contributed by atoms with Crippen LogP contribution in [-0.2, 0) is 6.54 Å².